The van der Waals surface area contributed by atoms with Crippen LogP contribution in [-0.2, 0) is 0 Å². The molecule has 4 rings (SSSR count). The predicted molar refractivity (Wildman–Crippen MR) is 85.3 cm³/mol. The van der Waals surface area contributed by atoms with Crippen LogP contribution in [0.4, 0.5) is 5.69 Å². The number of rotatable bonds is 2. The van der Waals surface area contributed by atoms with Crippen molar-refractivity contribution in [2.45, 2.75) is 6.92 Å². The van der Waals surface area contributed by atoms with Crippen LogP contribution in [0.2, 0.25) is 0 Å². The first-order chi connectivity index (χ1) is 11.6. The summed E-state index contributed by atoms with van der Waals surface area (Å²) < 4.78 is 2.84. The summed E-state index contributed by atoms with van der Waals surface area (Å²) >= 11 is 0. The van der Waals surface area contributed by atoms with Gasteiger partial charge in [-0.2, -0.15) is 14.6 Å². The number of fused-ring (bicyclic) bond motifs is 3. The molecule has 0 aliphatic carbocycles. The molecule has 0 bridgehead atoms. The van der Waals surface area contributed by atoms with Crippen molar-refractivity contribution in [2.75, 3.05) is 0 Å². The second kappa shape index (κ2) is 4.95. The van der Waals surface area contributed by atoms with Gasteiger partial charge in [0.1, 0.15) is 6.33 Å². The maximum atomic E-state index is 12.8. The number of hydrogen-bond donors (Lipinski definition) is 0. The van der Waals surface area contributed by atoms with Gasteiger partial charge in [-0.3, -0.25) is 19.5 Å². The van der Waals surface area contributed by atoms with Crippen molar-refractivity contribution in [3.05, 3.63) is 69.0 Å². The molecule has 9 heteroatoms. The number of benzene rings is 1. The Morgan fingerprint density at radius 1 is 1.21 bits per heavy atom. The second-order valence-electron chi connectivity index (χ2n) is 5.25. The van der Waals surface area contributed by atoms with Gasteiger partial charge >= 0.3 is 0 Å². The normalized spacial score (nSPS) is 11.2. The lowest BCUT2D eigenvalue weighted by molar-refractivity contribution is -0.384. The van der Waals surface area contributed by atoms with E-state index in [9.17, 15) is 14.9 Å². The predicted octanol–water partition coefficient (Wildman–Crippen LogP) is 1.65. The van der Waals surface area contributed by atoms with E-state index in [1.54, 1.807) is 25.3 Å². The quantitative estimate of drug-likeness (QED) is 0.410. The SMILES string of the molecule is Cc1ccc([N+](=O)[O-])cc1-n1ccc2c(cnc3ncnn32)c1=O. The Morgan fingerprint density at radius 2 is 2.04 bits per heavy atom. The van der Waals surface area contributed by atoms with Crippen molar-refractivity contribution in [3.63, 3.8) is 0 Å². The van der Waals surface area contributed by atoms with Gasteiger partial charge in [0.15, 0.2) is 0 Å². The van der Waals surface area contributed by atoms with Gasteiger partial charge in [-0.05, 0) is 18.6 Å². The molecule has 0 atom stereocenters. The van der Waals surface area contributed by atoms with E-state index in [1.165, 1.54) is 33.7 Å². The molecule has 0 N–H and O–H groups in total. The second-order valence-corrected chi connectivity index (χ2v) is 5.25. The Labute approximate surface area is 134 Å². The lowest BCUT2D eigenvalue weighted by atomic mass is 10.1. The molecule has 0 unspecified atom stereocenters. The van der Waals surface area contributed by atoms with Gasteiger partial charge in [0.2, 0.25) is 0 Å². The molecule has 0 fully saturated rings. The lowest BCUT2D eigenvalue weighted by Crippen LogP contribution is -2.19. The number of hydrogen-bond acceptors (Lipinski definition) is 6. The Bertz CT molecular complexity index is 1180. The minimum Gasteiger partial charge on any atom is -0.283 e. The fraction of sp³-hybridized carbons (Fsp3) is 0.0667. The number of nitro groups is 1. The molecule has 0 aliphatic rings. The Kier molecular flexibility index (Phi) is 2.89. The minimum atomic E-state index is -0.491. The molecule has 0 spiro atoms. The van der Waals surface area contributed by atoms with E-state index < -0.39 is 4.92 Å². The third-order valence-electron chi connectivity index (χ3n) is 3.84. The third-order valence-corrected chi connectivity index (χ3v) is 3.84. The number of aromatic nitrogens is 5. The van der Waals surface area contributed by atoms with Gasteiger partial charge in [-0.15, -0.1) is 0 Å². The van der Waals surface area contributed by atoms with E-state index in [-0.39, 0.29) is 11.2 Å². The van der Waals surface area contributed by atoms with Crippen molar-refractivity contribution < 1.29 is 4.92 Å². The largest absolute Gasteiger partial charge is 0.283 e. The van der Waals surface area contributed by atoms with Gasteiger partial charge in [-0.25, -0.2) is 4.98 Å². The molecule has 3 heterocycles. The van der Waals surface area contributed by atoms with E-state index in [0.717, 1.165) is 5.56 Å². The van der Waals surface area contributed by atoms with Gasteiger partial charge in [0.05, 0.1) is 21.5 Å². The summed E-state index contributed by atoms with van der Waals surface area (Å²) in [6, 6.07) is 6.11. The fourth-order valence-electron chi connectivity index (χ4n) is 2.62. The van der Waals surface area contributed by atoms with Gasteiger partial charge in [0.25, 0.3) is 17.0 Å². The molecule has 4 aromatic rings. The van der Waals surface area contributed by atoms with E-state index in [1.807, 2.05) is 0 Å². The van der Waals surface area contributed by atoms with Gasteiger partial charge < -0.3 is 0 Å². The highest BCUT2D eigenvalue weighted by atomic mass is 16.6. The first-order valence-electron chi connectivity index (χ1n) is 7.02. The maximum Gasteiger partial charge on any atom is 0.271 e. The average molecular weight is 322 g/mol. The number of aryl methyl sites for hydroxylation is 1. The summed E-state index contributed by atoms with van der Waals surface area (Å²) in [5.41, 5.74) is 1.36. The first kappa shape index (κ1) is 14.0. The smallest absolute Gasteiger partial charge is 0.271 e. The Balaban J connectivity index is 2.03. The van der Waals surface area contributed by atoms with Crippen LogP contribution in [0.25, 0.3) is 22.4 Å². The third kappa shape index (κ3) is 1.95. The molecule has 1 aromatic carbocycles. The topological polar surface area (TPSA) is 108 Å². The zero-order valence-corrected chi connectivity index (χ0v) is 12.4. The van der Waals surface area contributed by atoms with Crippen LogP contribution in [0.5, 0.6) is 0 Å². The number of nitrogens with zero attached hydrogens (tertiary/aromatic N) is 6. The van der Waals surface area contributed by atoms with Crippen LogP contribution in [0.15, 0.2) is 47.8 Å². The van der Waals surface area contributed by atoms with Crippen molar-refractivity contribution in [3.8, 4) is 5.69 Å². The minimum absolute atomic E-state index is 0.0764. The van der Waals surface area contributed by atoms with E-state index >= 15 is 0 Å². The van der Waals surface area contributed by atoms with Gasteiger partial charge in [-0.1, -0.05) is 6.07 Å². The highest BCUT2D eigenvalue weighted by Crippen LogP contribution is 2.21. The summed E-state index contributed by atoms with van der Waals surface area (Å²) in [4.78, 5) is 31.4. The van der Waals surface area contributed by atoms with E-state index in [4.69, 9.17) is 0 Å². The summed E-state index contributed by atoms with van der Waals surface area (Å²) in [6.07, 6.45) is 4.36. The summed E-state index contributed by atoms with van der Waals surface area (Å²) in [5, 5.41) is 15.4. The van der Waals surface area contributed by atoms with Crippen molar-refractivity contribution >= 4 is 22.4 Å². The summed E-state index contributed by atoms with van der Waals surface area (Å²) in [5.74, 6) is 0.395. The first-order valence-corrected chi connectivity index (χ1v) is 7.02. The molecule has 24 heavy (non-hydrogen) atoms. The van der Waals surface area contributed by atoms with Crippen LogP contribution in [0.1, 0.15) is 5.56 Å². The number of non-ortho nitro benzene ring substituents is 1. The highest BCUT2D eigenvalue weighted by molar-refractivity contribution is 5.79. The monoisotopic (exact) mass is 322 g/mol. The summed E-state index contributed by atoms with van der Waals surface area (Å²) in [7, 11) is 0. The van der Waals surface area contributed by atoms with Crippen molar-refractivity contribution in [2.24, 2.45) is 0 Å². The zero-order chi connectivity index (χ0) is 16.8. The van der Waals surface area contributed by atoms with Crippen LogP contribution in [-0.4, -0.2) is 29.1 Å². The fourth-order valence-corrected chi connectivity index (χ4v) is 2.62. The van der Waals surface area contributed by atoms with Crippen LogP contribution >= 0.6 is 0 Å². The summed E-state index contributed by atoms with van der Waals surface area (Å²) in [6.45, 7) is 1.79. The zero-order valence-electron chi connectivity index (χ0n) is 12.4. The van der Waals surface area contributed by atoms with Crippen LogP contribution in [0.3, 0.4) is 0 Å². The standard InChI is InChI=1S/C15H10N6O3/c1-9-2-3-10(21(23)24)6-13(9)19-5-4-12-11(14(19)22)7-16-15-17-8-18-20(12)15/h2-8H,1H3. The van der Waals surface area contributed by atoms with Crippen molar-refractivity contribution in [1.82, 2.24) is 24.1 Å². The molecule has 0 radical (unpaired) electrons. The van der Waals surface area contributed by atoms with Gasteiger partial charge in [0, 0.05) is 24.5 Å². The van der Waals surface area contributed by atoms with Crippen LogP contribution in [0, 0.1) is 17.0 Å². The molecular formula is C15H10N6O3. The molecule has 0 saturated carbocycles. The molecule has 118 valence electrons. The molecular weight excluding hydrogens is 312 g/mol. The maximum absolute atomic E-state index is 12.8. The number of nitro benzene ring substituents is 1. The molecule has 0 amide bonds. The van der Waals surface area contributed by atoms with E-state index in [0.29, 0.717) is 22.4 Å². The lowest BCUT2D eigenvalue weighted by Gasteiger charge is -2.10. The van der Waals surface area contributed by atoms with E-state index in [2.05, 4.69) is 15.1 Å². The average Bonchev–Trinajstić information content (AvgIpc) is 3.05. The molecule has 3 aromatic heterocycles. The molecule has 0 saturated heterocycles. The number of pyridine rings is 1. The molecule has 0 aliphatic heterocycles. The Hall–Kier alpha value is -3.62. The Morgan fingerprint density at radius 3 is 2.83 bits per heavy atom. The highest BCUT2D eigenvalue weighted by Gasteiger charge is 2.14. The van der Waals surface area contributed by atoms with Crippen molar-refractivity contribution in [1.29, 1.82) is 0 Å². The molecule has 9 nitrogen and oxygen atoms in total. The van der Waals surface area contributed by atoms with Crippen LogP contribution < -0.4 is 5.56 Å².